The number of hydrogen-bond acceptors (Lipinski definition) is 8. The lowest BCUT2D eigenvalue weighted by Gasteiger charge is -2.60. The van der Waals surface area contributed by atoms with Gasteiger partial charge in [-0.1, -0.05) is 0 Å². The Kier molecular flexibility index (Phi) is 6.51. The molecule has 0 aliphatic carbocycles. The summed E-state index contributed by atoms with van der Waals surface area (Å²) in [6.45, 7) is 4.55. The van der Waals surface area contributed by atoms with Crippen LogP contribution in [0.1, 0.15) is 41.5 Å². The third kappa shape index (κ3) is 4.46. The lowest BCUT2D eigenvalue weighted by Crippen LogP contribution is -2.66. The van der Waals surface area contributed by atoms with Gasteiger partial charge in [0.25, 0.3) is 5.91 Å². The van der Waals surface area contributed by atoms with Crippen LogP contribution < -0.4 is 15.4 Å². The van der Waals surface area contributed by atoms with E-state index in [0.29, 0.717) is 37.3 Å². The van der Waals surface area contributed by atoms with E-state index in [4.69, 9.17) is 10.1 Å². The maximum Gasteiger partial charge on any atom is 0.276 e. The minimum absolute atomic E-state index is 0.0114. The van der Waals surface area contributed by atoms with E-state index in [-0.39, 0.29) is 28.7 Å². The number of amidine groups is 1. The number of ether oxygens (including phenoxy) is 1. The molecule has 190 valence electrons. The number of carbonyl (C=O) groups is 1. The second-order valence-corrected chi connectivity index (χ2v) is 11.8. The topological polar surface area (TPSA) is 144 Å². The predicted molar refractivity (Wildman–Crippen MR) is 133 cm³/mol. The lowest BCUT2D eigenvalue weighted by atomic mass is 9.88. The van der Waals surface area contributed by atoms with Crippen LogP contribution in [0, 0.1) is 18.2 Å². The van der Waals surface area contributed by atoms with Crippen molar-refractivity contribution in [2.75, 3.05) is 38.3 Å². The SMILES string of the molecule is COc1cnc(C(=O)Nc2ccc(F)c([C@]3(C)CS(O)(O)C4(CCN(C)CC4)C(=N)N3)c2)c(C)n1. The van der Waals surface area contributed by atoms with E-state index in [1.54, 1.807) is 13.8 Å². The molecule has 1 spiro atoms. The zero-order valence-electron chi connectivity index (χ0n) is 20.2. The van der Waals surface area contributed by atoms with Crippen molar-refractivity contribution in [1.82, 2.24) is 20.2 Å². The maximum absolute atomic E-state index is 15.1. The van der Waals surface area contributed by atoms with Crippen LogP contribution in [0.3, 0.4) is 0 Å². The zero-order valence-corrected chi connectivity index (χ0v) is 21.0. The van der Waals surface area contributed by atoms with Gasteiger partial charge < -0.3 is 20.3 Å². The number of benzene rings is 1. The number of carbonyl (C=O) groups excluding carboxylic acids is 1. The van der Waals surface area contributed by atoms with Crippen LogP contribution >= 0.6 is 10.6 Å². The van der Waals surface area contributed by atoms with Crippen LogP contribution in [0.25, 0.3) is 0 Å². The number of aromatic nitrogens is 2. The lowest BCUT2D eigenvalue weighted by molar-refractivity contribution is 0.102. The average molecular weight is 507 g/mol. The van der Waals surface area contributed by atoms with Gasteiger partial charge in [0.1, 0.15) is 22.1 Å². The van der Waals surface area contributed by atoms with E-state index in [1.807, 2.05) is 7.05 Å². The van der Waals surface area contributed by atoms with Gasteiger partial charge in [0, 0.05) is 24.3 Å². The summed E-state index contributed by atoms with van der Waals surface area (Å²) in [6, 6.07) is 4.07. The molecule has 2 aliphatic heterocycles. The maximum atomic E-state index is 15.1. The standard InChI is InChI=1S/C23H31FN6O4S/c1-14-19(26-12-18(27-14)34-4)20(31)28-15-5-6-17(24)16(11-15)22(2)13-35(32,33)23(21(25)29-22)7-9-30(3)10-8-23/h5-6,11-12,32-33H,7-10,13H2,1-4H3,(H2,25,29)(H,28,31)/t22-/m0/s1. The van der Waals surface area contributed by atoms with Gasteiger partial charge in [-0.2, -0.15) is 10.6 Å². The summed E-state index contributed by atoms with van der Waals surface area (Å²) in [6.07, 6.45) is 2.21. The fourth-order valence-corrected chi connectivity index (χ4v) is 7.35. The summed E-state index contributed by atoms with van der Waals surface area (Å²) in [5.74, 6) is -0.968. The summed E-state index contributed by atoms with van der Waals surface area (Å²) in [5, 5.41) is 14.5. The minimum atomic E-state index is -3.28. The molecule has 2 aliphatic rings. The molecule has 1 aromatic heterocycles. The molecule has 1 amide bonds. The molecule has 3 heterocycles. The van der Waals surface area contributed by atoms with Gasteiger partial charge in [0.15, 0.2) is 0 Å². The van der Waals surface area contributed by atoms with Gasteiger partial charge in [0.05, 0.1) is 30.3 Å². The molecule has 0 radical (unpaired) electrons. The summed E-state index contributed by atoms with van der Waals surface area (Å²) < 4.78 is 41.5. The smallest absolute Gasteiger partial charge is 0.276 e. The van der Waals surface area contributed by atoms with Crippen molar-refractivity contribution < 1.29 is 23.0 Å². The Labute approximate surface area is 205 Å². The van der Waals surface area contributed by atoms with Crippen molar-refractivity contribution in [3.63, 3.8) is 0 Å². The number of amides is 1. The highest BCUT2D eigenvalue weighted by atomic mass is 32.3. The molecule has 0 saturated carbocycles. The summed E-state index contributed by atoms with van der Waals surface area (Å²) in [4.78, 5) is 23.1. The highest BCUT2D eigenvalue weighted by Gasteiger charge is 2.56. The van der Waals surface area contributed by atoms with E-state index in [0.717, 1.165) is 0 Å². The van der Waals surface area contributed by atoms with Crippen LogP contribution in [0.4, 0.5) is 10.1 Å². The highest BCUT2D eigenvalue weighted by molar-refractivity contribution is 8.26. The van der Waals surface area contributed by atoms with Crippen molar-refractivity contribution in [2.24, 2.45) is 0 Å². The van der Waals surface area contributed by atoms with Gasteiger partial charge in [-0.05, 0) is 51.9 Å². The number of likely N-dealkylation sites (tertiary alicyclic amines) is 1. The van der Waals surface area contributed by atoms with Crippen molar-refractivity contribution >= 4 is 28.0 Å². The zero-order chi connectivity index (χ0) is 25.6. The number of aryl methyl sites for hydroxylation is 1. The normalized spacial score (nSPS) is 24.5. The Balaban J connectivity index is 1.61. The molecule has 5 N–H and O–H groups in total. The number of piperidine rings is 1. The third-order valence-corrected chi connectivity index (χ3v) is 9.78. The number of nitrogens with one attached hydrogen (secondary N) is 3. The fraction of sp³-hybridized carbons (Fsp3) is 0.478. The van der Waals surface area contributed by atoms with Crippen LogP contribution in [-0.4, -0.2) is 73.5 Å². The van der Waals surface area contributed by atoms with Crippen LogP contribution in [-0.2, 0) is 5.54 Å². The molecule has 2 fully saturated rings. The summed E-state index contributed by atoms with van der Waals surface area (Å²) >= 11 is 0. The molecule has 4 rings (SSSR count). The van der Waals surface area contributed by atoms with Crippen LogP contribution in [0.2, 0.25) is 0 Å². The second kappa shape index (κ2) is 9.01. The highest BCUT2D eigenvalue weighted by Crippen LogP contribution is 2.62. The Morgan fingerprint density at radius 1 is 1.34 bits per heavy atom. The monoisotopic (exact) mass is 506 g/mol. The van der Waals surface area contributed by atoms with E-state index in [1.165, 1.54) is 31.5 Å². The van der Waals surface area contributed by atoms with Gasteiger partial charge in [0.2, 0.25) is 5.88 Å². The molecular formula is C23H31FN6O4S. The van der Waals surface area contributed by atoms with Crippen LogP contribution in [0.15, 0.2) is 24.4 Å². The van der Waals surface area contributed by atoms with Crippen molar-refractivity contribution in [2.45, 2.75) is 37.0 Å². The number of rotatable bonds is 4. The Bertz CT molecular complexity index is 1170. The van der Waals surface area contributed by atoms with Crippen LogP contribution in [0.5, 0.6) is 5.88 Å². The largest absolute Gasteiger partial charge is 0.480 e. The first-order chi connectivity index (χ1) is 16.4. The minimum Gasteiger partial charge on any atom is -0.480 e. The summed E-state index contributed by atoms with van der Waals surface area (Å²) in [5.41, 5.74) is -0.366. The molecular weight excluding hydrogens is 475 g/mol. The van der Waals surface area contributed by atoms with Gasteiger partial charge in [-0.15, -0.1) is 0 Å². The number of anilines is 1. The number of methoxy groups -OCH3 is 1. The van der Waals surface area contributed by atoms with E-state index >= 15 is 4.39 Å². The molecule has 35 heavy (non-hydrogen) atoms. The first kappa shape index (κ1) is 25.3. The van der Waals surface area contributed by atoms with Crippen molar-refractivity contribution in [3.05, 3.63) is 47.2 Å². The Morgan fingerprint density at radius 2 is 2.03 bits per heavy atom. The van der Waals surface area contributed by atoms with E-state index < -0.39 is 32.6 Å². The molecule has 12 heteroatoms. The number of hydrogen-bond donors (Lipinski definition) is 5. The quantitative estimate of drug-likeness (QED) is 0.425. The van der Waals surface area contributed by atoms with Gasteiger partial charge >= 0.3 is 0 Å². The molecule has 10 nitrogen and oxygen atoms in total. The van der Waals surface area contributed by atoms with Gasteiger partial charge in [-0.25, -0.2) is 14.4 Å². The van der Waals surface area contributed by atoms with Gasteiger partial charge in [-0.3, -0.25) is 19.3 Å². The first-order valence-corrected chi connectivity index (χ1v) is 12.9. The molecule has 0 bridgehead atoms. The van der Waals surface area contributed by atoms with E-state index in [9.17, 15) is 13.9 Å². The molecule has 0 unspecified atom stereocenters. The Morgan fingerprint density at radius 3 is 2.63 bits per heavy atom. The molecule has 2 aromatic rings. The number of nitrogens with zero attached hydrogens (tertiary/aromatic N) is 3. The fourth-order valence-electron chi connectivity index (χ4n) is 4.83. The summed E-state index contributed by atoms with van der Waals surface area (Å²) in [7, 11) is 0.126. The number of halogens is 1. The first-order valence-electron chi connectivity index (χ1n) is 11.2. The second-order valence-electron chi connectivity index (χ2n) is 9.44. The molecule has 1 atom stereocenters. The average Bonchev–Trinajstić information content (AvgIpc) is 2.79. The van der Waals surface area contributed by atoms with Crippen molar-refractivity contribution in [3.8, 4) is 5.88 Å². The molecule has 1 aromatic carbocycles. The van der Waals surface area contributed by atoms with E-state index in [2.05, 4.69) is 25.5 Å². The predicted octanol–water partition coefficient (Wildman–Crippen LogP) is 3.20. The third-order valence-electron chi connectivity index (χ3n) is 6.93. The Hall–Kier alpha value is -2.80. The van der Waals surface area contributed by atoms with Crippen molar-refractivity contribution in [1.29, 1.82) is 5.41 Å². The molecule has 2 saturated heterocycles.